The molecule has 1 aliphatic heterocycles. The van der Waals surface area contributed by atoms with Gasteiger partial charge < -0.3 is 20.3 Å². The number of benzene rings is 1. The smallest absolute Gasteiger partial charge is 0.231 e. The van der Waals surface area contributed by atoms with Crippen LogP contribution in [0.1, 0.15) is 10.4 Å². The molecule has 0 saturated carbocycles. The Labute approximate surface area is 93.9 Å². The zero-order valence-corrected chi connectivity index (χ0v) is 9.20. The highest BCUT2D eigenvalue weighted by Crippen LogP contribution is 2.46. The molecule has 2 rings (SSSR count). The van der Waals surface area contributed by atoms with Gasteiger partial charge in [0.25, 0.3) is 0 Å². The second-order valence-corrected chi connectivity index (χ2v) is 3.74. The van der Waals surface area contributed by atoms with Crippen molar-refractivity contribution in [2.24, 2.45) is 5.73 Å². The van der Waals surface area contributed by atoms with Gasteiger partial charge >= 0.3 is 0 Å². The number of hydrogen-bond acceptors (Lipinski definition) is 5. The van der Waals surface area contributed by atoms with E-state index in [1.807, 2.05) is 0 Å². The van der Waals surface area contributed by atoms with Gasteiger partial charge in [-0.25, -0.2) is 0 Å². The Balaban J connectivity index is 2.59. The van der Waals surface area contributed by atoms with Gasteiger partial charge in [-0.05, 0) is 22.0 Å². The topological polar surface area (TPSA) is 81.8 Å². The maximum Gasteiger partial charge on any atom is 0.231 e. The number of carbonyl (C=O) groups is 1. The lowest BCUT2D eigenvalue weighted by atomic mass is 10.1. The molecule has 0 radical (unpaired) electrons. The molecule has 1 aromatic rings. The minimum atomic E-state index is -0.355. The van der Waals surface area contributed by atoms with Crippen molar-refractivity contribution in [3.8, 4) is 17.2 Å². The van der Waals surface area contributed by atoms with Gasteiger partial charge in [0, 0.05) is 0 Å². The Morgan fingerprint density at radius 1 is 1.60 bits per heavy atom. The molecule has 0 aromatic heterocycles. The fraction of sp³-hybridized carbons (Fsp3) is 0.222. The van der Waals surface area contributed by atoms with Crippen molar-refractivity contribution in [1.82, 2.24) is 0 Å². The molecule has 5 nitrogen and oxygen atoms in total. The first-order valence-corrected chi connectivity index (χ1v) is 4.98. The molecule has 0 aliphatic carbocycles. The van der Waals surface area contributed by atoms with Gasteiger partial charge in [-0.15, -0.1) is 0 Å². The average molecular weight is 274 g/mol. The van der Waals surface area contributed by atoms with Crippen LogP contribution in [0.15, 0.2) is 10.5 Å². The third-order valence-electron chi connectivity index (χ3n) is 2.07. The molecule has 3 N–H and O–H groups in total. The van der Waals surface area contributed by atoms with Gasteiger partial charge in [0.1, 0.15) is 10.2 Å². The molecule has 80 valence electrons. The Morgan fingerprint density at radius 2 is 2.33 bits per heavy atom. The second-order valence-electron chi connectivity index (χ2n) is 2.95. The van der Waals surface area contributed by atoms with Crippen molar-refractivity contribution in [2.75, 3.05) is 13.3 Å². The lowest BCUT2D eigenvalue weighted by molar-refractivity contribution is 0.0998. The molecule has 1 aliphatic rings. The van der Waals surface area contributed by atoms with E-state index in [0.29, 0.717) is 16.0 Å². The molecule has 1 aromatic carbocycles. The maximum absolute atomic E-state index is 11.4. The molecule has 15 heavy (non-hydrogen) atoms. The van der Waals surface area contributed by atoms with Crippen molar-refractivity contribution >= 4 is 21.7 Å². The predicted octanol–water partition coefficient (Wildman–Crippen LogP) is 1.02. The van der Waals surface area contributed by atoms with Crippen LogP contribution in [-0.2, 0) is 0 Å². The lowest BCUT2D eigenvalue weighted by Crippen LogP contribution is -2.13. The van der Waals surface area contributed by atoms with Crippen LogP contribution in [-0.4, -0.2) is 24.2 Å². The zero-order chi connectivity index (χ0) is 11.0. The number of halogens is 1. The monoisotopic (exact) mass is 273 g/mol. The highest BCUT2D eigenvalue weighted by Gasteiger charge is 2.24. The fourth-order valence-corrected chi connectivity index (χ4v) is 1.84. The number of Topliss-reactive ketones (excluding diaryl/α,β-unsaturated/α-hetero) is 1. The fourth-order valence-electron chi connectivity index (χ4n) is 1.32. The summed E-state index contributed by atoms with van der Waals surface area (Å²) >= 11 is 3.13. The number of phenolic OH excluding ortho intramolecular Hbond substituents is 1. The van der Waals surface area contributed by atoms with E-state index in [2.05, 4.69) is 15.9 Å². The summed E-state index contributed by atoms with van der Waals surface area (Å²) in [6, 6.07) is 1.43. The van der Waals surface area contributed by atoms with Crippen LogP contribution in [0.3, 0.4) is 0 Å². The van der Waals surface area contributed by atoms with E-state index in [9.17, 15) is 9.90 Å². The Morgan fingerprint density at radius 3 is 3.00 bits per heavy atom. The zero-order valence-electron chi connectivity index (χ0n) is 7.62. The first-order chi connectivity index (χ1) is 7.15. The minimum Gasteiger partial charge on any atom is -0.506 e. The molecule has 0 atom stereocenters. The summed E-state index contributed by atoms with van der Waals surface area (Å²) in [5.74, 6) is 0.304. The molecule has 0 bridgehead atoms. The van der Waals surface area contributed by atoms with Gasteiger partial charge in [-0.2, -0.15) is 0 Å². The Kier molecular flexibility index (Phi) is 2.54. The summed E-state index contributed by atoms with van der Waals surface area (Å²) in [6.07, 6.45) is 0. The first kappa shape index (κ1) is 10.3. The van der Waals surface area contributed by atoms with Crippen molar-refractivity contribution < 1.29 is 19.4 Å². The van der Waals surface area contributed by atoms with Crippen molar-refractivity contribution in [3.63, 3.8) is 0 Å². The number of aromatic hydroxyl groups is 1. The Hall–Kier alpha value is -1.27. The molecule has 1 heterocycles. The molecule has 0 unspecified atom stereocenters. The second kappa shape index (κ2) is 3.71. The standard InChI is InChI=1S/C9H8BrNO4/c10-7-8(13)4(5(12)2-11)1-6-9(7)15-3-14-6/h1,13H,2-3,11H2. The number of ketones is 1. The number of phenols is 1. The highest BCUT2D eigenvalue weighted by molar-refractivity contribution is 9.10. The van der Waals surface area contributed by atoms with Gasteiger partial charge in [-0.3, -0.25) is 4.79 Å². The maximum atomic E-state index is 11.4. The van der Waals surface area contributed by atoms with E-state index in [0.717, 1.165) is 0 Å². The number of hydrogen-bond donors (Lipinski definition) is 2. The quantitative estimate of drug-likeness (QED) is 0.787. The van der Waals surface area contributed by atoms with Crippen LogP contribution in [0.25, 0.3) is 0 Å². The van der Waals surface area contributed by atoms with E-state index in [-0.39, 0.29) is 30.4 Å². The van der Waals surface area contributed by atoms with Crippen LogP contribution in [0.2, 0.25) is 0 Å². The van der Waals surface area contributed by atoms with Crippen molar-refractivity contribution in [3.05, 3.63) is 16.1 Å². The molecule has 0 fully saturated rings. The number of nitrogens with two attached hydrogens (primary N) is 1. The largest absolute Gasteiger partial charge is 0.506 e. The molecular formula is C9H8BrNO4. The van der Waals surface area contributed by atoms with Gasteiger partial charge in [-0.1, -0.05) is 0 Å². The van der Waals surface area contributed by atoms with Gasteiger partial charge in [0.2, 0.25) is 6.79 Å². The van der Waals surface area contributed by atoms with E-state index in [1.54, 1.807) is 0 Å². The molecular weight excluding hydrogens is 266 g/mol. The average Bonchev–Trinajstić information content (AvgIpc) is 2.70. The molecule has 0 amide bonds. The van der Waals surface area contributed by atoms with Crippen molar-refractivity contribution in [1.29, 1.82) is 0 Å². The Bertz CT molecular complexity index is 433. The number of rotatable bonds is 2. The van der Waals surface area contributed by atoms with Crippen LogP contribution < -0.4 is 15.2 Å². The van der Waals surface area contributed by atoms with E-state index in [4.69, 9.17) is 15.2 Å². The third-order valence-corrected chi connectivity index (χ3v) is 2.80. The van der Waals surface area contributed by atoms with E-state index in [1.165, 1.54) is 6.07 Å². The van der Waals surface area contributed by atoms with Crippen LogP contribution in [0.4, 0.5) is 0 Å². The lowest BCUT2D eigenvalue weighted by Gasteiger charge is -2.06. The summed E-state index contributed by atoms with van der Waals surface area (Å²) in [5.41, 5.74) is 5.35. The number of carbonyl (C=O) groups excluding carboxylic acids is 1. The summed E-state index contributed by atoms with van der Waals surface area (Å²) in [5, 5.41) is 9.70. The summed E-state index contributed by atoms with van der Waals surface area (Å²) < 4.78 is 10.5. The summed E-state index contributed by atoms with van der Waals surface area (Å²) in [7, 11) is 0. The number of fused-ring (bicyclic) bond motifs is 1. The molecule has 0 saturated heterocycles. The molecule has 0 spiro atoms. The van der Waals surface area contributed by atoms with Gasteiger partial charge in [0.15, 0.2) is 17.3 Å². The minimum absolute atomic E-state index is 0.0770. The normalized spacial score (nSPS) is 12.9. The third kappa shape index (κ3) is 1.55. The predicted molar refractivity (Wildman–Crippen MR) is 55.3 cm³/mol. The summed E-state index contributed by atoms with van der Waals surface area (Å²) in [6.45, 7) is -0.0900. The van der Waals surface area contributed by atoms with Crippen LogP contribution in [0.5, 0.6) is 17.2 Å². The van der Waals surface area contributed by atoms with Crippen molar-refractivity contribution in [2.45, 2.75) is 0 Å². The van der Waals surface area contributed by atoms with E-state index < -0.39 is 0 Å². The number of ether oxygens (including phenoxy) is 2. The SMILES string of the molecule is NCC(=O)c1cc2c(c(Br)c1O)OCO2. The molecule has 6 heteroatoms. The first-order valence-electron chi connectivity index (χ1n) is 4.19. The van der Waals surface area contributed by atoms with Gasteiger partial charge in [0.05, 0.1) is 12.1 Å². The highest BCUT2D eigenvalue weighted by atomic mass is 79.9. The van der Waals surface area contributed by atoms with Crippen LogP contribution >= 0.6 is 15.9 Å². The summed E-state index contributed by atoms with van der Waals surface area (Å²) in [4.78, 5) is 11.4. The van der Waals surface area contributed by atoms with E-state index >= 15 is 0 Å². The van der Waals surface area contributed by atoms with Crippen LogP contribution in [0, 0.1) is 0 Å².